The van der Waals surface area contributed by atoms with Gasteiger partial charge in [0.1, 0.15) is 0 Å². The predicted molar refractivity (Wildman–Crippen MR) is 71.5 cm³/mol. The SMILES string of the molecule is C[C@@H](N)C(=O)N(C)Cc1cccc(Br)c1.Cl. The fraction of sp³-hybridized carbons (Fsp3) is 0.364. The Bertz CT molecular complexity index is 358. The number of nitrogens with zero attached hydrogens (tertiary/aromatic N) is 1. The molecule has 0 aliphatic rings. The van der Waals surface area contributed by atoms with Gasteiger partial charge in [0.05, 0.1) is 6.04 Å². The highest BCUT2D eigenvalue weighted by Gasteiger charge is 2.13. The number of benzene rings is 1. The maximum atomic E-state index is 11.5. The first-order valence-corrected chi connectivity index (χ1v) is 5.55. The van der Waals surface area contributed by atoms with Crippen LogP contribution in [0, 0.1) is 0 Å². The molecule has 16 heavy (non-hydrogen) atoms. The van der Waals surface area contributed by atoms with E-state index in [1.54, 1.807) is 18.9 Å². The average Bonchev–Trinajstić information content (AvgIpc) is 2.16. The van der Waals surface area contributed by atoms with Crippen molar-refractivity contribution in [1.82, 2.24) is 4.90 Å². The van der Waals surface area contributed by atoms with Crippen molar-refractivity contribution in [2.24, 2.45) is 5.73 Å². The van der Waals surface area contributed by atoms with Gasteiger partial charge < -0.3 is 10.6 Å². The van der Waals surface area contributed by atoms with Crippen LogP contribution in [0.3, 0.4) is 0 Å². The van der Waals surface area contributed by atoms with Crippen LogP contribution in [0.1, 0.15) is 12.5 Å². The maximum Gasteiger partial charge on any atom is 0.239 e. The number of hydrogen-bond acceptors (Lipinski definition) is 2. The van der Waals surface area contributed by atoms with Gasteiger partial charge in [-0.05, 0) is 24.6 Å². The van der Waals surface area contributed by atoms with E-state index in [2.05, 4.69) is 15.9 Å². The van der Waals surface area contributed by atoms with E-state index in [0.29, 0.717) is 6.54 Å². The minimum absolute atomic E-state index is 0. The minimum Gasteiger partial charge on any atom is -0.340 e. The number of rotatable bonds is 3. The molecule has 0 bridgehead atoms. The molecule has 1 amide bonds. The molecular weight excluding hydrogens is 291 g/mol. The van der Waals surface area contributed by atoms with Crippen molar-refractivity contribution in [3.8, 4) is 0 Å². The third-order valence-electron chi connectivity index (χ3n) is 2.07. The number of amides is 1. The van der Waals surface area contributed by atoms with Gasteiger partial charge in [-0.3, -0.25) is 4.79 Å². The summed E-state index contributed by atoms with van der Waals surface area (Å²) in [6, 6.07) is 7.43. The Morgan fingerprint density at radius 3 is 2.69 bits per heavy atom. The van der Waals surface area contributed by atoms with Crippen molar-refractivity contribution in [1.29, 1.82) is 0 Å². The third-order valence-corrected chi connectivity index (χ3v) is 2.57. The Balaban J connectivity index is 0.00000225. The van der Waals surface area contributed by atoms with Crippen LogP contribution in [-0.2, 0) is 11.3 Å². The van der Waals surface area contributed by atoms with E-state index >= 15 is 0 Å². The molecule has 0 radical (unpaired) electrons. The summed E-state index contributed by atoms with van der Waals surface area (Å²) >= 11 is 3.39. The van der Waals surface area contributed by atoms with Crippen LogP contribution in [-0.4, -0.2) is 23.9 Å². The first-order valence-electron chi connectivity index (χ1n) is 4.75. The Labute approximate surface area is 111 Å². The lowest BCUT2D eigenvalue weighted by Gasteiger charge is -2.19. The van der Waals surface area contributed by atoms with Gasteiger partial charge in [-0.2, -0.15) is 0 Å². The molecule has 0 unspecified atom stereocenters. The van der Waals surface area contributed by atoms with Gasteiger partial charge in [0.2, 0.25) is 5.91 Å². The summed E-state index contributed by atoms with van der Waals surface area (Å²) in [6.07, 6.45) is 0. The molecule has 0 aliphatic carbocycles. The van der Waals surface area contributed by atoms with Gasteiger partial charge in [0.15, 0.2) is 0 Å². The minimum atomic E-state index is -0.442. The lowest BCUT2D eigenvalue weighted by atomic mass is 10.2. The maximum absolute atomic E-state index is 11.5. The average molecular weight is 308 g/mol. The molecule has 0 spiro atoms. The molecule has 1 atom stereocenters. The van der Waals surface area contributed by atoms with E-state index in [4.69, 9.17) is 5.73 Å². The largest absolute Gasteiger partial charge is 0.340 e. The highest BCUT2D eigenvalue weighted by atomic mass is 79.9. The first kappa shape index (κ1) is 15.4. The van der Waals surface area contributed by atoms with E-state index in [1.165, 1.54) is 0 Å². The molecule has 0 fully saturated rings. The Hall–Kier alpha value is -0.580. The Morgan fingerprint density at radius 2 is 2.19 bits per heavy atom. The number of hydrogen-bond donors (Lipinski definition) is 1. The molecule has 1 rings (SSSR count). The standard InChI is InChI=1S/C11H15BrN2O.ClH/c1-8(13)11(15)14(2)7-9-4-3-5-10(12)6-9;/h3-6,8H,7,13H2,1-2H3;1H/t8-;/m1./s1. The monoisotopic (exact) mass is 306 g/mol. The summed E-state index contributed by atoms with van der Waals surface area (Å²) in [5.41, 5.74) is 6.60. The highest BCUT2D eigenvalue weighted by Crippen LogP contribution is 2.13. The zero-order chi connectivity index (χ0) is 11.4. The quantitative estimate of drug-likeness (QED) is 0.930. The number of carbonyl (C=O) groups excluding carboxylic acids is 1. The molecular formula is C11H16BrClN2O. The van der Waals surface area contributed by atoms with E-state index in [9.17, 15) is 4.79 Å². The number of likely N-dealkylation sites (N-methyl/N-ethyl adjacent to an activating group) is 1. The van der Waals surface area contributed by atoms with Crippen molar-refractivity contribution < 1.29 is 4.79 Å². The van der Waals surface area contributed by atoms with Gasteiger partial charge >= 0.3 is 0 Å². The fourth-order valence-corrected chi connectivity index (χ4v) is 1.78. The summed E-state index contributed by atoms with van der Waals surface area (Å²) in [7, 11) is 1.76. The topological polar surface area (TPSA) is 46.3 Å². The molecule has 90 valence electrons. The number of nitrogens with two attached hydrogens (primary N) is 1. The normalized spacial score (nSPS) is 11.5. The first-order chi connectivity index (χ1) is 7.00. The fourth-order valence-electron chi connectivity index (χ4n) is 1.33. The molecule has 3 nitrogen and oxygen atoms in total. The summed E-state index contributed by atoms with van der Waals surface area (Å²) in [6.45, 7) is 2.28. The Morgan fingerprint density at radius 1 is 1.56 bits per heavy atom. The van der Waals surface area contributed by atoms with E-state index < -0.39 is 6.04 Å². The summed E-state index contributed by atoms with van der Waals surface area (Å²) < 4.78 is 1.02. The molecule has 2 N–H and O–H groups in total. The molecule has 1 aromatic carbocycles. The summed E-state index contributed by atoms with van der Waals surface area (Å²) in [4.78, 5) is 13.2. The molecule has 0 saturated carbocycles. The van der Waals surface area contributed by atoms with E-state index in [1.807, 2.05) is 24.3 Å². The summed E-state index contributed by atoms with van der Waals surface area (Å²) in [5.74, 6) is -0.0463. The molecule has 5 heteroatoms. The Kier molecular flexibility index (Phi) is 6.64. The molecule has 1 aromatic rings. The lowest BCUT2D eigenvalue weighted by molar-refractivity contribution is -0.131. The molecule has 0 saturated heterocycles. The van der Waals surface area contributed by atoms with Crippen molar-refractivity contribution in [2.75, 3.05) is 7.05 Å². The second-order valence-corrected chi connectivity index (χ2v) is 4.53. The van der Waals surface area contributed by atoms with Gasteiger partial charge in [0.25, 0.3) is 0 Å². The van der Waals surface area contributed by atoms with Crippen LogP contribution in [0.2, 0.25) is 0 Å². The van der Waals surface area contributed by atoms with E-state index in [-0.39, 0.29) is 18.3 Å². The van der Waals surface area contributed by atoms with E-state index in [0.717, 1.165) is 10.0 Å². The summed E-state index contributed by atoms with van der Waals surface area (Å²) in [5, 5.41) is 0. The zero-order valence-corrected chi connectivity index (χ0v) is 11.7. The molecule has 0 aliphatic heterocycles. The lowest BCUT2D eigenvalue weighted by Crippen LogP contribution is -2.39. The van der Waals surface area contributed by atoms with Crippen molar-refractivity contribution >= 4 is 34.2 Å². The predicted octanol–water partition coefficient (Wildman–Crippen LogP) is 2.18. The van der Waals surface area contributed by atoms with Crippen LogP contribution in [0.4, 0.5) is 0 Å². The van der Waals surface area contributed by atoms with Gasteiger partial charge in [-0.25, -0.2) is 0 Å². The van der Waals surface area contributed by atoms with Gasteiger partial charge in [-0.15, -0.1) is 12.4 Å². The van der Waals surface area contributed by atoms with Crippen LogP contribution in [0.5, 0.6) is 0 Å². The number of halogens is 2. The molecule has 0 aromatic heterocycles. The molecule has 0 heterocycles. The second-order valence-electron chi connectivity index (χ2n) is 3.61. The smallest absolute Gasteiger partial charge is 0.239 e. The number of carbonyl (C=O) groups is 1. The van der Waals surface area contributed by atoms with Crippen LogP contribution < -0.4 is 5.73 Å². The van der Waals surface area contributed by atoms with Crippen molar-refractivity contribution in [3.05, 3.63) is 34.3 Å². The van der Waals surface area contributed by atoms with Gasteiger partial charge in [0, 0.05) is 18.1 Å². The zero-order valence-electron chi connectivity index (χ0n) is 9.31. The van der Waals surface area contributed by atoms with Crippen LogP contribution >= 0.6 is 28.3 Å². The van der Waals surface area contributed by atoms with Crippen LogP contribution in [0.15, 0.2) is 28.7 Å². The van der Waals surface area contributed by atoms with Crippen LogP contribution in [0.25, 0.3) is 0 Å². The van der Waals surface area contributed by atoms with Gasteiger partial charge in [-0.1, -0.05) is 28.1 Å². The highest BCUT2D eigenvalue weighted by molar-refractivity contribution is 9.10. The van der Waals surface area contributed by atoms with Crippen molar-refractivity contribution in [2.45, 2.75) is 19.5 Å². The second kappa shape index (κ2) is 6.89. The van der Waals surface area contributed by atoms with Crippen molar-refractivity contribution in [3.63, 3.8) is 0 Å². The third kappa shape index (κ3) is 4.51.